The molecule has 0 saturated heterocycles. The van der Waals surface area contributed by atoms with Crippen molar-refractivity contribution in [3.05, 3.63) is 0 Å². The van der Waals surface area contributed by atoms with Crippen LogP contribution < -0.4 is 5.32 Å². The van der Waals surface area contributed by atoms with E-state index < -0.39 is 0 Å². The van der Waals surface area contributed by atoms with E-state index in [1.54, 1.807) is 0 Å². The van der Waals surface area contributed by atoms with Gasteiger partial charge in [0, 0.05) is 19.1 Å². The molecule has 0 aromatic rings. The summed E-state index contributed by atoms with van der Waals surface area (Å²) in [5, 5.41) is 3.29. The highest BCUT2D eigenvalue weighted by atomic mass is 16.5. The number of ether oxygens (including phenoxy) is 1. The van der Waals surface area contributed by atoms with E-state index in [0.29, 0.717) is 12.1 Å². The molecule has 4 nitrogen and oxygen atoms in total. The van der Waals surface area contributed by atoms with Crippen LogP contribution >= 0.6 is 0 Å². The van der Waals surface area contributed by atoms with Crippen LogP contribution in [0.1, 0.15) is 38.5 Å². The Balaban J connectivity index is 1.73. The zero-order valence-electron chi connectivity index (χ0n) is 10.9. The molecule has 2 fully saturated rings. The third kappa shape index (κ3) is 3.42. The van der Waals surface area contributed by atoms with Gasteiger partial charge in [0.05, 0.1) is 6.10 Å². The summed E-state index contributed by atoms with van der Waals surface area (Å²) in [7, 11) is 3.87. The van der Waals surface area contributed by atoms with Crippen LogP contribution in [-0.4, -0.2) is 49.7 Å². The molecule has 98 valence electrons. The van der Waals surface area contributed by atoms with E-state index in [1.165, 1.54) is 12.8 Å². The first-order valence-corrected chi connectivity index (χ1v) is 6.77. The molecule has 17 heavy (non-hydrogen) atoms. The lowest BCUT2D eigenvalue weighted by atomic mass is 9.92. The van der Waals surface area contributed by atoms with Crippen molar-refractivity contribution >= 4 is 5.91 Å². The lowest BCUT2D eigenvalue weighted by Gasteiger charge is -2.31. The molecule has 4 heteroatoms. The fourth-order valence-electron chi connectivity index (χ4n) is 2.57. The van der Waals surface area contributed by atoms with E-state index in [-0.39, 0.29) is 18.6 Å². The summed E-state index contributed by atoms with van der Waals surface area (Å²) >= 11 is 0. The van der Waals surface area contributed by atoms with E-state index >= 15 is 0 Å². The lowest BCUT2D eigenvalue weighted by Crippen LogP contribution is -2.43. The highest BCUT2D eigenvalue weighted by Crippen LogP contribution is 2.26. The van der Waals surface area contributed by atoms with Crippen molar-refractivity contribution in [2.75, 3.05) is 20.7 Å². The maximum absolute atomic E-state index is 11.8. The van der Waals surface area contributed by atoms with Gasteiger partial charge in [-0.05, 0) is 32.7 Å². The van der Waals surface area contributed by atoms with Crippen LogP contribution in [0.5, 0.6) is 0 Å². The molecule has 2 rings (SSSR count). The van der Waals surface area contributed by atoms with Gasteiger partial charge in [0.25, 0.3) is 0 Å². The van der Waals surface area contributed by atoms with Gasteiger partial charge >= 0.3 is 0 Å². The monoisotopic (exact) mass is 240 g/mol. The summed E-state index contributed by atoms with van der Waals surface area (Å²) in [5.41, 5.74) is 0. The summed E-state index contributed by atoms with van der Waals surface area (Å²) in [5.74, 6) is 0.132. The highest BCUT2D eigenvalue weighted by molar-refractivity contribution is 5.77. The van der Waals surface area contributed by atoms with Crippen LogP contribution in [0.4, 0.5) is 0 Å². The molecular formula is C13H24N2O2. The molecule has 0 heterocycles. The lowest BCUT2D eigenvalue weighted by molar-refractivity contribution is -0.138. The second kappa shape index (κ2) is 5.83. The maximum atomic E-state index is 11.8. The number of hydrogen-bond donors (Lipinski definition) is 1. The Morgan fingerprint density at radius 2 is 2.00 bits per heavy atom. The second-order valence-electron chi connectivity index (χ2n) is 5.26. The van der Waals surface area contributed by atoms with Crippen LogP contribution in [0.15, 0.2) is 0 Å². The average molecular weight is 240 g/mol. The van der Waals surface area contributed by atoms with Crippen LogP contribution in [0.2, 0.25) is 0 Å². The number of hydrogen-bond acceptors (Lipinski definition) is 3. The number of rotatable bonds is 5. The van der Waals surface area contributed by atoms with Gasteiger partial charge in [0.2, 0.25) is 5.91 Å². The number of nitrogens with zero attached hydrogens (tertiary/aromatic N) is 1. The average Bonchev–Trinajstić information content (AvgIpc) is 3.19. The summed E-state index contributed by atoms with van der Waals surface area (Å²) in [6.07, 6.45) is 7.25. The van der Waals surface area contributed by atoms with Gasteiger partial charge in [-0.2, -0.15) is 0 Å². The van der Waals surface area contributed by atoms with Crippen molar-refractivity contribution in [2.24, 2.45) is 0 Å². The third-order valence-corrected chi connectivity index (χ3v) is 3.98. The van der Waals surface area contributed by atoms with Gasteiger partial charge in [0.15, 0.2) is 0 Å². The largest absolute Gasteiger partial charge is 0.367 e. The Morgan fingerprint density at radius 1 is 1.29 bits per heavy atom. The minimum Gasteiger partial charge on any atom is -0.367 e. The molecule has 2 atom stereocenters. The van der Waals surface area contributed by atoms with Crippen LogP contribution in [-0.2, 0) is 9.53 Å². The Bertz CT molecular complexity index is 266. The van der Waals surface area contributed by atoms with Crippen LogP contribution in [0.3, 0.4) is 0 Å². The standard InChI is InChI=1S/C13H24N2O2/c1-14-11-5-3-4-6-12(11)17-9-13(16)15(2)10-7-8-10/h10-12,14H,3-9H2,1-2H3. The third-order valence-electron chi connectivity index (χ3n) is 3.98. The quantitative estimate of drug-likeness (QED) is 0.784. The second-order valence-corrected chi connectivity index (χ2v) is 5.26. The molecule has 0 radical (unpaired) electrons. The molecule has 2 aliphatic rings. The highest BCUT2D eigenvalue weighted by Gasteiger charge is 2.31. The summed E-state index contributed by atoms with van der Waals surface area (Å²) in [6, 6.07) is 0.903. The fourth-order valence-corrected chi connectivity index (χ4v) is 2.57. The van der Waals surface area contributed by atoms with Crippen molar-refractivity contribution in [3.8, 4) is 0 Å². The molecule has 0 aliphatic heterocycles. The molecule has 0 spiro atoms. The zero-order chi connectivity index (χ0) is 12.3. The van der Waals surface area contributed by atoms with Gasteiger partial charge in [-0.3, -0.25) is 4.79 Å². The van der Waals surface area contributed by atoms with Crippen molar-refractivity contribution in [3.63, 3.8) is 0 Å². The Labute approximate surface area is 104 Å². The topological polar surface area (TPSA) is 41.6 Å². The number of nitrogens with one attached hydrogen (secondary N) is 1. The van der Waals surface area contributed by atoms with Gasteiger partial charge < -0.3 is 15.0 Å². The predicted octanol–water partition coefficient (Wildman–Crippen LogP) is 1.15. The molecule has 2 saturated carbocycles. The van der Waals surface area contributed by atoms with Crippen LogP contribution in [0.25, 0.3) is 0 Å². The number of likely N-dealkylation sites (N-methyl/N-ethyl adjacent to an activating group) is 2. The van der Waals surface area contributed by atoms with E-state index in [0.717, 1.165) is 25.7 Å². The molecule has 0 aromatic heterocycles. The first-order chi connectivity index (χ1) is 8.22. The Hall–Kier alpha value is -0.610. The SMILES string of the molecule is CNC1CCCCC1OCC(=O)N(C)C1CC1. The molecule has 1 amide bonds. The first kappa shape index (κ1) is 12.8. The predicted molar refractivity (Wildman–Crippen MR) is 66.8 cm³/mol. The number of amides is 1. The van der Waals surface area contributed by atoms with Crippen LogP contribution in [0, 0.1) is 0 Å². The van der Waals surface area contributed by atoms with Crippen molar-refractivity contribution in [2.45, 2.75) is 56.7 Å². The summed E-state index contributed by atoms with van der Waals surface area (Å²) in [4.78, 5) is 13.7. The van der Waals surface area contributed by atoms with Gasteiger partial charge in [-0.1, -0.05) is 12.8 Å². The Kier molecular flexibility index (Phi) is 4.40. The minimum atomic E-state index is 0.132. The van der Waals surface area contributed by atoms with E-state index in [4.69, 9.17) is 4.74 Å². The van der Waals surface area contributed by atoms with E-state index in [9.17, 15) is 4.79 Å². The van der Waals surface area contributed by atoms with E-state index in [1.807, 2.05) is 19.0 Å². The van der Waals surface area contributed by atoms with Gasteiger partial charge in [0.1, 0.15) is 6.61 Å². The van der Waals surface area contributed by atoms with Gasteiger partial charge in [-0.15, -0.1) is 0 Å². The fraction of sp³-hybridized carbons (Fsp3) is 0.923. The summed E-state index contributed by atoms with van der Waals surface area (Å²) in [6.45, 7) is 0.246. The number of carbonyl (C=O) groups excluding carboxylic acids is 1. The van der Waals surface area contributed by atoms with Gasteiger partial charge in [-0.25, -0.2) is 0 Å². The Morgan fingerprint density at radius 3 is 2.65 bits per heavy atom. The van der Waals surface area contributed by atoms with E-state index in [2.05, 4.69) is 5.32 Å². The molecule has 0 aromatic carbocycles. The molecule has 1 N–H and O–H groups in total. The smallest absolute Gasteiger partial charge is 0.248 e. The number of carbonyl (C=O) groups is 1. The van der Waals surface area contributed by atoms with Crippen molar-refractivity contribution in [1.29, 1.82) is 0 Å². The van der Waals surface area contributed by atoms with Crippen molar-refractivity contribution in [1.82, 2.24) is 10.2 Å². The molecule has 2 unspecified atom stereocenters. The molecular weight excluding hydrogens is 216 g/mol. The molecule has 0 bridgehead atoms. The van der Waals surface area contributed by atoms with Crippen molar-refractivity contribution < 1.29 is 9.53 Å². The summed E-state index contributed by atoms with van der Waals surface area (Å²) < 4.78 is 5.79. The zero-order valence-corrected chi connectivity index (χ0v) is 10.9. The minimum absolute atomic E-state index is 0.132. The normalized spacial score (nSPS) is 29.1. The molecule has 2 aliphatic carbocycles. The maximum Gasteiger partial charge on any atom is 0.248 e. The first-order valence-electron chi connectivity index (χ1n) is 6.77.